The van der Waals surface area contributed by atoms with Crippen molar-refractivity contribution in [1.82, 2.24) is 4.90 Å². The Labute approximate surface area is 128 Å². The Hall–Kier alpha value is -0.930. The van der Waals surface area contributed by atoms with Crippen LogP contribution >= 0.6 is 0 Å². The molecule has 2 nitrogen and oxygen atoms in total. The van der Waals surface area contributed by atoms with E-state index in [0.717, 1.165) is 11.5 Å². The van der Waals surface area contributed by atoms with Crippen LogP contribution in [0.25, 0.3) is 0 Å². The van der Waals surface area contributed by atoms with Gasteiger partial charge >= 0.3 is 0 Å². The van der Waals surface area contributed by atoms with Crippen LogP contribution in [0.4, 0.5) is 4.39 Å². The van der Waals surface area contributed by atoms with Crippen molar-refractivity contribution >= 4 is 0 Å². The van der Waals surface area contributed by atoms with Gasteiger partial charge in [-0.05, 0) is 62.8 Å². The first-order chi connectivity index (χ1) is 10.1. The molecule has 0 heterocycles. The molecule has 1 aromatic carbocycles. The number of nitrogens with zero attached hydrogens (tertiary/aromatic N) is 1. The lowest BCUT2D eigenvalue weighted by molar-refractivity contribution is 0.122. The van der Waals surface area contributed by atoms with E-state index in [9.17, 15) is 4.39 Å². The molecule has 0 aromatic heterocycles. The summed E-state index contributed by atoms with van der Waals surface area (Å²) in [5, 5.41) is 0. The third kappa shape index (κ3) is 3.83. The highest BCUT2D eigenvalue weighted by Gasteiger charge is 2.27. The van der Waals surface area contributed by atoms with Crippen LogP contribution in [0, 0.1) is 18.7 Å². The van der Waals surface area contributed by atoms with Crippen LogP contribution in [0.1, 0.15) is 56.2 Å². The fourth-order valence-corrected chi connectivity index (χ4v) is 3.57. The highest BCUT2D eigenvalue weighted by Crippen LogP contribution is 2.32. The molecule has 1 aliphatic rings. The van der Waals surface area contributed by atoms with Gasteiger partial charge in [0.2, 0.25) is 0 Å². The molecule has 1 unspecified atom stereocenters. The van der Waals surface area contributed by atoms with Crippen molar-refractivity contribution in [2.75, 3.05) is 13.6 Å². The molecule has 0 spiro atoms. The average Bonchev–Trinajstić information content (AvgIpc) is 2.51. The van der Waals surface area contributed by atoms with E-state index in [0.29, 0.717) is 18.2 Å². The number of nitrogens with two attached hydrogens (primary N) is 1. The van der Waals surface area contributed by atoms with E-state index in [2.05, 4.69) is 18.9 Å². The van der Waals surface area contributed by atoms with E-state index >= 15 is 0 Å². The monoisotopic (exact) mass is 292 g/mol. The summed E-state index contributed by atoms with van der Waals surface area (Å²) in [5.41, 5.74) is 7.69. The van der Waals surface area contributed by atoms with E-state index in [1.807, 2.05) is 12.1 Å². The van der Waals surface area contributed by atoms with E-state index in [4.69, 9.17) is 5.73 Å². The maximum Gasteiger partial charge on any atom is 0.126 e. The highest BCUT2D eigenvalue weighted by molar-refractivity contribution is 5.26. The molecule has 3 heteroatoms. The summed E-state index contributed by atoms with van der Waals surface area (Å²) < 4.78 is 13.8. The number of hydrogen-bond acceptors (Lipinski definition) is 2. The highest BCUT2D eigenvalue weighted by atomic mass is 19.1. The van der Waals surface area contributed by atoms with Crippen LogP contribution in [-0.4, -0.2) is 24.5 Å². The molecule has 1 fully saturated rings. The van der Waals surface area contributed by atoms with Crippen molar-refractivity contribution in [3.63, 3.8) is 0 Å². The fourth-order valence-electron chi connectivity index (χ4n) is 3.57. The van der Waals surface area contributed by atoms with Crippen molar-refractivity contribution in [2.24, 2.45) is 11.7 Å². The summed E-state index contributed by atoms with van der Waals surface area (Å²) in [7, 11) is 2.15. The Kier molecular flexibility index (Phi) is 5.77. The number of benzene rings is 1. The van der Waals surface area contributed by atoms with Gasteiger partial charge in [0.05, 0.1) is 0 Å². The molecule has 1 aliphatic carbocycles. The quantitative estimate of drug-likeness (QED) is 0.887. The lowest BCUT2D eigenvalue weighted by atomic mass is 9.83. The molecule has 0 aliphatic heterocycles. The molecule has 1 aromatic rings. The van der Waals surface area contributed by atoms with Gasteiger partial charge in [-0.2, -0.15) is 0 Å². The molecule has 2 N–H and O–H groups in total. The van der Waals surface area contributed by atoms with Crippen LogP contribution < -0.4 is 5.73 Å². The maximum absolute atomic E-state index is 13.8. The second-order valence-corrected chi connectivity index (χ2v) is 6.51. The van der Waals surface area contributed by atoms with E-state index in [1.165, 1.54) is 32.1 Å². The van der Waals surface area contributed by atoms with Gasteiger partial charge in [-0.25, -0.2) is 4.39 Å². The number of likely N-dealkylation sites (N-methyl/N-ethyl adjacent to an activating group) is 1. The summed E-state index contributed by atoms with van der Waals surface area (Å²) in [6.45, 7) is 4.62. The molecular formula is C18H29FN2. The van der Waals surface area contributed by atoms with Crippen molar-refractivity contribution in [1.29, 1.82) is 0 Å². The van der Waals surface area contributed by atoms with E-state index in [-0.39, 0.29) is 11.9 Å². The van der Waals surface area contributed by atoms with Crippen LogP contribution in [0.3, 0.4) is 0 Å². The topological polar surface area (TPSA) is 29.3 Å². The molecule has 21 heavy (non-hydrogen) atoms. The zero-order valence-corrected chi connectivity index (χ0v) is 13.6. The first-order valence-electron chi connectivity index (χ1n) is 8.24. The van der Waals surface area contributed by atoms with Gasteiger partial charge in [-0.3, -0.25) is 4.90 Å². The first kappa shape index (κ1) is 16.4. The Morgan fingerprint density at radius 2 is 1.95 bits per heavy atom. The van der Waals surface area contributed by atoms with Crippen molar-refractivity contribution < 1.29 is 4.39 Å². The predicted molar refractivity (Wildman–Crippen MR) is 86.7 cm³/mol. The Balaban J connectivity index is 2.08. The molecule has 0 saturated heterocycles. The summed E-state index contributed by atoms with van der Waals surface area (Å²) in [6.07, 6.45) is 6.38. The summed E-state index contributed by atoms with van der Waals surface area (Å²) in [5.74, 6) is 0.761. The van der Waals surface area contributed by atoms with Gasteiger partial charge in [0.25, 0.3) is 0 Å². The molecule has 0 amide bonds. The fraction of sp³-hybridized carbons (Fsp3) is 0.667. The third-order valence-electron chi connectivity index (χ3n) is 5.27. The van der Waals surface area contributed by atoms with Gasteiger partial charge in [0.1, 0.15) is 5.82 Å². The zero-order chi connectivity index (χ0) is 15.4. The predicted octanol–water partition coefficient (Wildman–Crippen LogP) is 4.03. The van der Waals surface area contributed by atoms with Crippen LogP contribution in [0.5, 0.6) is 0 Å². The Bertz CT molecular complexity index is 453. The summed E-state index contributed by atoms with van der Waals surface area (Å²) in [4.78, 5) is 2.37. The van der Waals surface area contributed by atoms with E-state index in [1.54, 1.807) is 13.0 Å². The van der Waals surface area contributed by atoms with Gasteiger partial charge in [-0.1, -0.05) is 25.5 Å². The Morgan fingerprint density at radius 3 is 2.48 bits per heavy atom. The van der Waals surface area contributed by atoms with Crippen molar-refractivity contribution in [2.45, 2.75) is 58.0 Å². The molecule has 1 atom stereocenters. The second kappa shape index (κ2) is 7.37. The molecule has 0 bridgehead atoms. The van der Waals surface area contributed by atoms with Crippen molar-refractivity contribution in [3.05, 3.63) is 35.1 Å². The van der Waals surface area contributed by atoms with Crippen molar-refractivity contribution in [3.8, 4) is 0 Å². The van der Waals surface area contributed by atoms with Crippen LogP contribution in [0.2, 0.25) is 0 Å². The second-order valence-electron chi connectivity index (χ2n) is 6.51. The summed E-state index contributed by atoms with van der Waals surface area (Å²) >= 11 is 0. The lowest BCUT2D eigenvalue weighted by Gasteiger charge is -2.39. The maximum atomic E-state index is 13.8. The molecular weight excluding hydrogens is 263 g/mol. The molecule has 118 valence electrons. The SMILES string of the molecule is CCC1CCC(N(C)C(CN)c2ccc(C)c(F)c2)CC1. The number of rotatable bonds is 5. The van der Waals surface area contributed by atoms with E-state index < -0.39 is 0 Å². The number of halogens is 1. The van der Waals surface area contributed by atoms with Gasteiger partial charge in [-0.15, -0.1) is 0 Å². The molecule has 1 saturated carbocycles. The lowest BCUT2D eigenvalue weighted by Crippen LogP contribution is -2.40. The molecule has 2 rings (SSSR count). The van der Waals surface area contributed by atoms with Gasteiger partial charge < -0.3 is 5.73 Å². The smallest absolute Gasteiger partial charge is 0.126 e. The molecule has 0 radical (unpaired) electrons. The third-order valence-corrected chi connectivity index (χ3v) is 5.27. The minimum Gasteiger partial charge on any atom is -0.329 e. The normalized spacial score (nSPS) is 24.3. The minimum atomic E-state index is -0.131. The first-order valence-corrected chi connectivity index (χ1v) is 8.24. The largest absolute Gasteiger partial charge is 0.329 e. The number of hydrogen-bond donors (Lipinski definition) is 1. The summed E-state index contributed by atoms with van der Waals surface area (Å²) in [6, 6.07) is 6.22. The standard InChI is InChI=1S/C18H29FN2/c1-4-14-6-9-16(10-7-14)21(3)18(12-20)15-8-5-13(2)17(19)11-15/h5,8,11,14,16,18H,4,6-7,9-10,12,20H2,1-3H3. The Morgan fingerprint density at radius 1 is 1.29 bits per heavy atom. The minimum absolute atomic E-state index is 0.114. The van der Waals surface area contributed by atoms with Crippen LogP contribution in [-0.2, 0) is 0 Å². The van der Waals surface area contributed by atoms with Gasteiger partial charge in [0.15, 0.2) is 0 Å². The number of aryl methyl sites for hydroxylation is 1. The van der Waals surface area contributed by atoms with Crippen LogP contribution in [0.15, 0.2) is 18.2 Å². The van der Waals surface area contributed by atoms with Gasteiger partial charge in [0, 0.05) is 18.6 Å². The average molecular weight is 292 g/mol. The zero-order valence-electron chi connectivity index (χ0n) is 13.6.